The second-order valence-electron chi connectivity index (χ2n) is 3.99. The van der Waals surface area contributed by atoms with E-state index in [-0.39, 0.29) is 0 Å². The lowest BCUT2D eigenvalue weighted by Crippen LogP contribution is -2.11. The molecule has 0 aliphatic heterocycles. The van der Waals surface area contributed by atoms with Gasteiger partial charge in [-0.25, -0.2) is 4.98 Å². The summed E-state index contributed by atoms with van der Waals surface area (Å²) in [6, 6.07) is 3.84. The molecule has 2 rings (SSSR count). The number of anilines is 1. The van der Waals surface area contributed by atoms with E-state index < -0.39 is 0 Å². The number of furan rings is 1. The summed E-state index contributed by atoms with van der Waals surface area (Å²) < 4.78 is 5.26. The maximum atomic E-state index is 5.26. The maximum absolute atomic E-state index is 5.26. The van der Waals surface area contributed by atoms with Crippen LogP contribution in [-0.2, 0) is 19.3 Å². The van der Waals surface area contributed by atoms with Crippen LogP contribution in [0.3, 0.4) is 0 Å². The SMILES string of the molecule is CCc1nnc(NCCc2ccco2)nc1CC. The molecule has 0 aromatic carbocycles. The van der Waals surface area contributed by atoms with E-state index in [4.69, 9.17) is 4.42 Å². The molecular formula is C13H18N4O. The van der Waals surface area contributed by atoms with Crippen LogP contribution in [-0.4, -0.2) is 21.7 Å². The van der Waals surface area contributed by atoms with Gasteiger partial charge in [-0.2, -0.15) is 5.10 Å². The van der Waals surface area contributed by atoms with Crippen molar-refractivity contribution in [1.82, 2.24) is 15.2 Å². The number of nitrogens with zero attached hydrogens (tertiary/aromatic N) is 3. The Morgan fingerprint density at radius 3 is 2.67 bits per heavy atom. The van der Waals surface area contributed by atoms with Gasteiger partial charge in [-0.15, -0.1) is 5.10 Å². The Kier molecular flexibility index (Phi) is 4.28. The second kappa shape index (κ2) is 6.14. The van der Waals surface area contributed by atoms with E-state index in [2.05, 4.69) is 34.3 Å². The van der Waals surface area contributed by atoms with Crippen LogP contribution in [0, 0.1) is 0 Å². The number of nitrogens with one attached hydrogen (secondary N) is 1. The topological polar surface area (TPSA) is 63.8 Å². The van der Waals surface area contributed by atoms with Gasteiger partial charge < -0.3 is 9.73 Å². The predicted octanol–water partition coefficient (Wildman–Crippen LogP) is 2.24. The van der Waals surface area contributed by atoms with Crippen LogP contribution in [0.2, 0.25) is 0 Å². The molecule has 0 radical (unpaired) electrons. The number of aromatic nitrogens is 3. The predicted molar refractivity (Wildman–Crippen MR) is 69.5 cm³/mol. The van der Waals surface area contributed by atoms with Crippen LogP contribution < -0.4 is 5.32 Å². The Morgan fingerprint density at radius 2 is 2.00 bits per heavy atom. The van der Waals surface area contributed by atoms with Gasteiger partial charge in [0.1, 0.15) is 5.76 Å². The minimum Gasteiger partial charge on any atom is -0.469 e. The summed E-state index contributed by atoms with van der Waals surface area (Å²) in [6.45, 7) is 4.88. The van der Waals surface area contributed by atoms with E-state index in [1.54, 1.807) is 6.26 Å². The van der Waals surface area contributed by atoms with Gasteiger partial charge in [0.15, 0.2) is 0 Å². The van der Waals surface area contributed by atoms with Crippen LogP contribution in [0.1, 0.15) is 31.0 Å². The summed E-state index contributed by atoms with van der Waals surface area (Å²) in [7, 11) is 0. The van der Waals surface area contributed by atoms with Crippen molar-refractivity contribution in [1.29, 1.82) is 0 Å². The molecule has 0 atom stereocenters. The van der Waals surface area contributed by atoms with Crippen LogP contribution in [0.5, 0.6) is 0 Å². The Bertz CT molecular complexity index is 482. The number of aryl methyl sites for hydroxylation is 2. The lowest BCUT2D eigenvalue weighted by atomic mass is 10.2. The normalized spacial score (nSPS) is 10.6. The van der Waals surface area contributed by atoms with Crippen LogP contribution in [0.25, 0.3) is 0 Å². The monoisotopic (exact) mass is 246 g/mol. The standard InChI is InChI=1S/C13H18N4O/c1-3-11-12(4-2)16-17-13(15-11)14-8-7-10-6-5-9-18-10/h5-6,9H,3-4,7-8H2,1-2H3,(H,14,15,17). The zero-order valence-electron chi connectivity index (χ0n) is 10.8. The van der Waals surface area contributed by atoms with Crippen molar-refractivity contribution in [3.8, 4) is 0 Å². The molecule has 0 saturated heterocycles. The summed E-state index contributed by atoms with van der Waals surface area (Å²) in [5.74, 6) is 1.55. The summed E-state index contributed by atoms with van der Waals surface area (Å²) in [5.41, 5.74) is 2.00. The third-order valence-corrected chi connectivity index (χ3v) is 2.74. The van der Waals surface area contributed by atoms with E-state index in [9.17, 15) is 0 Å². The molecule has 0 unspecified atom stereocenters. The smallest absolute Gasteiger partial charge is 0.242 e. The molecule has 0 aliphatic carbocycles. The Hall–Kier alpha value is -1.91. The molecule has 5 heteroatoms. The molecule has 5 nitrogen and oxygen atoms in total. The van der Waals surface area contributed by atoms with Gasteiger partial charge in [-0.05, 0) is 25.0 Å². The van der Waals surface area contributed by atoms with Crippen molar-refractivity contribution in [2.45, 2.75) is 33.1 Å². The fourth-order valence-corrected chi connectivity index (χ4v) is 1.77. The first-order valence-corrected chi connectivity index (χ1v) is 6.32. The molecule has 0 spiro atoms. The summed E-state index contributed by atoms with van der Waals surface area (Å²) in [5, 5.41) is 11.4. The van der Waals surface area contributed by atoms with Crippen molar-refractivity contribution in [3.05, 3.63) is 35.5 Å². The molecule has 0 aliphatic rings. The summed E-state index contributed by atoms with van der Waals surface area (Å²) >= 11 is 0. The molecule has 0 saturated carbocycles. The first-order valence-electron chi connectivity index (χ1n) is 6.32. The van der Waals surface area contributed by atoms with E-state index in [0.717, 1.165) is 43.0 Å². The van der Waals surface area contributed by atoms with E-state index >= 15 is 0 Å². The fourth-order valence-electron chi connectivity index (χ4n) is 1.77. The molecule has 1 N–H and O–H groups in total. The summed E-state index contributed by atoms with van der Waals surface area (Å²) in [4.78, 5) is 4.47. The van der Waals surface area contributed by atoms with E-state index in [0.29, 0.717) is 5.95 Å². The summed E-state index contributed by atoms with van der Waals surface area (Å²) in [6.07, 6.45) is 4.24. The third kappa shape index (κ3) is 3.06. The average Bonchev–Trinajstić information content (AvgIpc) is 2.91. The number of hydrogen-bond acceptors (Lipinski definition) is 5. The molecule has 0 amide bonds. The average molecular weight is 246 g/mol. The quantitative estimate of drug-likeness (QED) is 0.846. The third-order valence-electron chi connectivity index (χ3n) is 2.74. The molecular weight excluding hydrogens is 228 g/mol. The highest BCUT2D eigenvalue weighted by Gasteiger charge is 2.05. The van der Waals surface area contributed by atoms with Crippen molar-refractivity contribution >= 4 is 5.95 Å². The highest BCUT2D eigenvalue weighted by atomic mass is 16.3. The van der Waals surface area contributed by atoms with E-state index in [1.807, 2.05) is 12.1 Å². The highest BCUT2D eigenvalue weighted by Crippen LogP contribution is 2.07. The minimum absolute atomic E-state index is 0.593. The van der Waals surface area contributed by atoms with Gasteiger partial charge >= 0.3 is 0 Å². The van der Waals surface area contributed by atoms with Gasteiger partial charge in [-0.1, -0.05) is 13.8 Å². The van der Waals surface area contributed by atoms with Gasteiger partial charge in [0.2, 0.25) is 5.95 Å². The van der Waals surface area contributed by atoms with Crippen LogP contribution in [0.4, 0.5) is 5.95 Å². The van der Waals surface area contributed by atoms with Gasteiger partial charge in [-0.3, -0.25) is 0 Å². The molecule has 0 bridgehead atoms. The van der Waals surface area contributed by atoms with Gasteiger partial charge in [0.25, 0.3) is 0 Å². The van der Waals surface area contributed by atoms with Crippen molar-refractivity contribution < 1.29 is 4.42 Å². The fraction of sp³-hybridized carbons (Fsp3) is 0.462. The van der Waals surface area contributed by atoms with Crippen molar-refractivity contribution in [2.24, 2.45) is 0 Å². The largest absolute Gasteiger partial charge is 0.469 e. The Balaban J connectivity index is 1.93. The lowest BCUT2D eigenvalue weighted by molar-refractivity contribution is 0.512. The first-order chi connectivity index (χ1) is 8.83. The minimum atomic E-state index is 0.593. The highest BCUT2D eigenvalue weighted by molar-refractivity contribution is 5.26. The lowest BCUT2D eigenvalue weighted by Gasteiger charge is -2.06. The van der Waals surface area contributed by atoms with Crippen LogP contribution in [0.15, 0.2) is 22.8 Å². The number of hydrogen-bond donors (Lipinski definition) is 1. The second-order valence-corrected chi connectivity index (χ2v) is 3.99. The molecule has 2 aromatic heterocycles. The molecule has 96 valence electrons. The first kappa shape index (κ1) is 12.5. The zero-order valence-corrected chi connectivity index (χ0v) is 10.8. The number of rotatable bonds is 6. The Labute approximate surface area is 107 Å². The Morgan fingerprint density at radius 1 is 1.17 bits per heavy atom. The van der Waals surface area contributed by atoms with Crippen molar-refractivity contribution in [3.63, 3.8) is 0 Å². The molecule has 2 aromatic rings. The molecule has 0 fully saturated rings. The van der Waals surface area contributed by atoms with Gasteiger partial charge in [0.05, 0.1) is 17.7 Å². The van der Waals surface area contributed by atoms with E-state index in [1.165, 1.54) is 0 Å². The maximum Gasteiger partial charge on any atom is 0.242 e. The molecule has 2 heterocycles. The van der Waals surface area contributed by atoms with Crippen molar-refractivity contribution in [2.75, 3.05) is 11.9 Å². The molecule has 18 heavy (non-hydrogen) atoms. The van der Waals surface area contributed by atoms with Crippen LogP contribution >= 0.6 is 0 Å². The zero-order chi connectivity index (χ0) is 12.8. The van der Waals surface area contributed by atoms with Gasteiger partial charge in [0, 0.05) is 13.0 Å².